The first-order chi connectivity index (χ1) is 8.26. The Morgan fingerprint density at radius 3 is 2.50 bits per heavy atom. The zero-order valence-electron chi connectivity index (χ0n) is 11.8. The first kappa shape index (κ1) is 13.6. The fourth-order valence-electron chi connectivity index (χ4n) is 2.95. The largest absolute Gasteiger partial charge is 0.444 e. The molecular formula is C13H24N2O3. The van der Waals surface area contributed by atoms with Crippen LogP contribution in [0.4, 0.5) is 4.79 Å². The minimum absolute atomic E-state index is 0.0737. The third-order valence-electron chi connectivity index (χ3n) is 3.89. The SMILES string of the molecule is CN1CC(CO)CC12CN(C(=O)OC(C)(C)C)C2. The number of hydrogen-bond donors (Lipinski definition) is 1. The van der Waals surface area contributed by atoms with Crippen molar-refractivity contribution >= 4 is 6.09 Å². The van der Waals surface area contributed by atoms with Crippen molar-refractivity contribution < 1.29 is 14.6 Å². The molecule has 1 amide bonds. The Bertz CT molecular complexity index is 332. The quantitative estimate of drug-likeness (QED) is 0.758. The summed E-state index contributed by atoms with van der Waals surface area (Å²) in [5.74, 6) is 0.343. The summed E-state index contributed by atoms with van der Waals surface area (Å²) in [5, 5.41) is 9.23. The van der Waals surface area contributed by atoms with E-state index in [1.165, 1.54) is 0 Å². The summed E-state index contributed by atoms with van der Waals surface area (Å²) in [6.45, 7) is 8.22. The average Bonchev–Trinajstić information content (AvgIpc) is 2.50. The minimum Gasteiger partial charge on any atom is -0.444 e. The third kappa shape index (κ3) is 2.47. The second-order valence-corrected chi connectivity index (χ2v) is 6.69. The molecule has 0 aromatic rings. The molecule has 0 aliphatic carbocycles. The first-order valence-electron chi connectivity index (χ1n) is 6.56. The Balaban J connectivity index is 1.88. The maximum Gasteiger partial charge on any atom is 0.410 e. The van der Waals surface area contributed by atoms with Gasteiger partial charge in [0.2, 0.25) is 0 Å². The van der Waals surface area contributed by atoms with E-state index in [-0.39, 0.29) is 18.2 Å². The van der Waals surface area contributed by atoms with Gasteiger partial charge in [-0.05, 0) is 40.2 Å². The Morgan fingerprint density at radius 2 is 2.06 bits per heavy atom. The van der Waals surface area contributed by atoms with Crippen molar-refractivity contribution in [3.63, 3.8) is 0 Å². The van der Waals surface area contributed by atoms with Crippen LogP contribution in [-0.2, 0) is 4.74 Å². The van der Waals surface area contributed by atoms with Crippen LogP contribution >= 0.6 is 0 Å². The number of likely N-dealkylation sites (N-methyl/N-ethyl adjacent to an activating group) is 1. The van der Waals surface area contributed by atoms with Gasteiger partial charge in [0, 0.05) is 26.2 Å². The Hall–Kier alpha value is -0.810. The van der Waals surface area contributed by atoms with Crippen LogP contribution in [0.25, 0.3) is 0 Å². The van der Waals surface area contributed by atoms with Crippen molar-refractivity contribution in [1.82, 2.24) is 9.80 Å². The Labute approximate surface area is 109 Å². The summed E-state index contributed by atoms with van der Waals surface area (Å²) in [6.07, 6.45) is 0.744. The smallest absolute Gasteiger partial charge is 0.410 e. The van der Waals surface area contributed by atoms with E-state index in [4.69, 9.17) is 4.74 Å². The number of ether oxygens (including phenoxy) is 1. The lowest BCUT2D eigenvalue weighted by Gasteiger charge is -2.51. The van der Waals surface area contributed by atoms with E-state index in [2.05, 4.69) is 11.9 Å². The van der Waals surface area contributed by atoms with Gasteiger partial charge in [-0.25, -0.2) is 4.79 Å². The van der Waals surface area contributed by atoms with E-state index in [0.29, 0.717) is 5.92 Å². The third-order valence-corrected chi connectivity index (χ3v) is 3.89. The van der Waals surface area contributed by atoms with Crippen LogP contribution in [0, 0.1) is 5.92 Å². The zero-order valence-corrected chi connectivity index (χ0v) is 11.8. The van der Waals surface area contributed by atoms with Crippen molar-refractivity contribution in [1.29, 1.82) is 0 Å². The molecule has 5 heteroatoms. The van der Waals surface area contributed by atoms with Gasteiger partial charge in [0.25, 0.3) is 0 Å². The monoisotopic (exact) mass is 256 g/mol. The van der Waals surface area contributed by atoms with E-state index >= 15 is 0 Å². The lowest BCUT2D eigenvalue weighted by atomic mass is 9.85. The molecule has 2 rings (SSSR count). The number of aliphatic hydroxyl groups is 1. The van der Waals surface area contributed by atoms with Crippen LogP contribution in [0.15, 0.2) is 0 Å². The summed E-state index contributed by atoms with van der Waals surface area (Å²) < 4.78 is 5.35. The van der Waals surface area contributed by atoms with Gasteiger partial charge in [0.15, 0.2) is 0 Å². The molecule has 2 heterocycles. The number of amides is 1. The van der Waals surface area contributed by atoms with Crippen LogP contribution in [0.2, 0.25) is 0 Å². The first-order valence-corrected chi connectivity index (χ1v) is 6.56. The maximum absolute atomic E-state index is 11.9. The van der Waals surface area contributed by atoms with Crippen LogP contribution in [-0.4, -0.2) is 65.4 Å². The highest BCUT2D eigenvalue weighted by atomic mass is 16.6. The van der Waals surface area contributed by atoms with Crippen LogP contribution < -0.4 is 0 Å². The summed E-state index contributed by atoms with van der Waals surface area (Å²) in [6, 6.07) is 0. The number of hydrogen-bond acceptors (Lipinski definition) is 4. The fraction of sp³-hybridized carbons (Fsp3) is 0.923. The molecule has 1 unspecified atom stereocenters. The summed E-state index contributed by atoms with van der Waals surface area (Å²) in [4.78, 5) is 15.9. The number of carbonyl (C=O) groups excluding carboxylic acids is 1. The predicted molar refractivity (Wildman–Crippen MR) is 68.4 cm³/mol. The molecule has 1 N–H and O–H groups in total. The molecule has 0 radical (unpaired) electrons. The normalized spacial score (nSPS) is 27.4. The lowest BCUT2D eigenvalue weighted by Crippen LogP contribution is -2.68. The van der Waals surface area contributed by atoms with Gasteiger partial charge >= 0.3 is 6.09 Å². The molecule has 18 heavy (non-hydrogen) atoms. The van der Waals surface area contributed by atoms with E-state index in [1.54, 1.807) is 4.90 Å². The van der Waals surface area contributed by atoms with Crippen molar-refractivity contribution in [3.05, 3.63) is 0 Å². The molecule has 0 saturated carbocycles. The molecule has 0 aromatic carbocycles. The topological polar surface area (TPSA) is 53.0 Å². The molecule has 1 spiro atoms. The molecule has 5 nitrogen and oxygen atoms in total. The van der Waals surface area contributed by atoms with Gasteiger partial charge in [-0.3, -0.25) is 4.90 Å². The molecule has 2 saturated heterocycles. The second-order valence-electron chi connectivity index (χ2n) is 6.69. The molecular weight excluding hydrogens is 232 g/mol. The zero-order chi connectivity index (χ0) is 13.6. The van der Waals surface area contributed by atoms with E-state index in [9.17, 15) is 9.90 Å². The highest BCUT2D eigenvalue weighted by Gasteiger charge is 2.53. The van der Waals surface area contributed by atoms with Crippen molar-refractivity contribution in [2.45, 2.75) is 38.3 Å². The van der Waals surface area contributed by atoms with Crippen molar-refractivity contribution in [2.75, 3.05) is 33.3 Å². The Morgan fingerprint density at radius 1 is 1.44 bits per heavy atom. The van der Waals surface area contributed by atoms with Gasteiger partial charge in [-0.1, -0.05) is 0 Å². The molecule has 2 aliphatic heterocycles. The molecule has 1 atom stereocenters. The molecule has 2 aliphatic rings. The van der Waals surface area contributed by atoms with Crippen molar-refractivity contribution in [2.24, 2.45) is 5.92 Å². The minimum atomic E-state index is -0.435. The maximum atomic E-state index is 11.9. The van der Waals surface area contributed by atoms with Crippen molar-refractivity contribution in [3.8, 4) is 0 Å². The number of rotatable bonds is 1. The molecule has 2 fully saturated rings. The van der Waals surface area contributed by atoms with E-state index in [0.717, 1.165) is 26.1 Å². The highest BCUT2D eigenvalue weighted by molar-refractivity contribution is 5.69. The lowest BCUT2D eigenvalue weighted by molar-refractivity contribution is -0.0413. The number of likely N-dealkylation sites (tertiary alicyclic amines) is 2. The molecule has 0 aromatic heterocycles. The van der Waals surface area contributed by atoms with Gasteiger partial charge < -0.3 is 14.7 Å². The van der Waals surface area contributed by atoms with Crippen LogP contribution in [0.1, 0.15) is 27.2 Å². The van der Waals surface area contributed by atoms with Gasteiger partial charge in [0.05, 0.1) is 5.54 Å². The fourth-order valence-corrected chi connectivity index (χ4v) is 2.95. The second kappa shape index (κ2) is 4.38. The number of nitrogens with zero attached hydrogens (tertiary/aromatic N) is 2. The molecule has 104 valence electrons. The van der Waals surface area contributed by atoms with E-state index < -0.39 is 5.60 Å². The summed E-state index contributed by atoms with van der Waals surface area (Å²) in [7, 11) is 2.07. The van der Waals surface area contributed by atoms with Gasteiger partial charge in [0.1, 0.15) is 5.60 Å². The van der Waals surface area contributed by atoms with Crippen LogP contribution in [0.5, 0.6) is 0 Å². The summed E-state index contributed by atoms with van der Waals surface area (Å²) >= 11 is 0. The number of aliphatic hydroxyl groups excluding tert-OH is 1. The summed E-state index contributed by atoms with van der Waals surface area (Å²) in [5.41, 5.74) is -0.362. The number of carbonyl (C=O) groups is 1. The van der Waals surface area contributed by atoms with Gasteiger partial charge in [-0.2, -0.15) is 0 Å². The standard InChI is InChI=1S/C13H24N2O3/c1-12(2,3)18-11(17)15-8-13(9-15)5-10(7-16)6-14(13)4/h10,16H,5-9H2,1-4H3. The van der Waals surface area contributed by atoms with Gasteiger partial charge in [-0.15, -0.1) is 0 Å². The predicted octanol–water partition coefficient (Wildman–Crippen LogP) is 0.920. The molecule has 0 bridgehead atoms. The average molecular weight is 256 g/mol. The highest BCUT2D eigenvalue weighted by Crippen LogP contribution is 2.39. The Kier molecular flexibility index (Phi) is 3.32. The van der Waals surface area contributed by atoms with Crippen LogP contribution in [0.3, 0.4) is 0 Å². The van der Waals surface area contributed by atoms with E-state index in [1.807, 2.05) is 20.8 Å².